The third-order valence-corrected chi connectivity index (χ3v) is 5.84. The van der Waals surface area contributed by atoms with E-state index in [2.05, 4.69) is 0 Å². The van der Waals surface area contributed by atoms with Crippen LogP contribution in [0.3, 0.4) is 0 Å². The van der Waals surface area contributed by atoms with E-state index in [0.717, 1.165) is 17.7 Å². The van der Waals surface area contributed by atoms with Crippen LogP contribution in [-0.2, 0) is 26.0 Å². The molecule has 1 aliphatic rings. The van der Waals surface area contributed by atoms with Crippen LogP contribution in [0.25, 0.3) is 0 Å². The normalized spacial score (nSPS) is 17.2. The topological polar surface area (TPSA) is 63.7 Å². The Morgan fingerprint density at radius 1 is 1.17 bits per heavy atom. The van der Waals surface area contributed by atoms with Gasteiger partial charge in [-0.05, 0) is 42.3 Å². The minimum absolute atomic E-state index is 0.0105. The third-order valence-electron chi connectivity index (χ3n) is 4.05. The standard InChI is InChI=1S/C17H16FNO4S/c1-23-17(20)13-10-12-4-2-3-5-16(12)19(11-13)24(21,22)15-8-6-14(18)7-9-15/h2-9,13H,10-11H2,1H3. The molecule has 2 aromatic rings. The first-order valence-corrected chi connectivity index (χ1v) is 8.81. The number of ether oxygens (including phenoxy) is 1. The van der Waals surface area contributed by atoms with Crippen molar-refractivity contribution in [1.29, 1.82) is 0 Å². The van der Waals surface area contributed by atoms with Gasteiger partial charge >= 0.3 is 5.97 Å². The Bertz CT molecular complexity index is 864. The molecule has 1 atom stereocenters. The largest absolute Gasteiger partial charge is 0.469 e. The first kappa shape index (κ1) is 16.4. The molecule has 0 saturated carbocycles. The summed E-state index contributed by atoms with van der Waals surface area (Å²) >= 11 is 0. The van der Waals surface area contributed by atoms with Crippen molar-refractivity contribution in [2.45, 2.75) is 11.3 Å². The van der Waals surface area contributed by atoms with E-state index in [4.69, 9.17) is 4.74 Å². The minimum Gasteiger partial charge on any atom is -0.469 e. The predicted molar refractivity (Wildman–Crippen MR) is 86.6 cm³/mol. The van der Waals surface area contributed by atoms with Gasteiger partial charge in [0.15, 0.2) is 0 Å². The molecule has 1 aliphatic heterocycles. The van der Waals surface area contributed by atoms with Crippen molar-refractivity contribution in [2.75, 3.05) is 18.0 Å². The highest BCUT2D eigenvalue weighted by atomic mass is 32.2. The Kier molecular flexibility index (Phi) is 4.28. The van der Waals surface area contributed by atoms with E-state index in [-0.39, 0.29) is 11.4 Å². The van der Waals surface area contributed by atoms with Crippen LogP contribution in [0, 0.1) is 11.7 Å². The van der Waals surface area contributed by atoms with E-state index in [0.29, 0.717) is 12.1 Å². The number of sulfonamides is 1. The fourth-order valence-corrected chi connectivity index (χ4v) is 4.39. The average Bonchev–Trinajstić information content (AvgIpc) is 2.60. The number of anilines is 1. The van der Waals surface area contributed by atoms with Crippen LogP contribution in [0.15, 0.2) is 53.4 Å². The first-order chi connectivity index (χ1) is 11.4. The fraction of sp³-hybridized carbons (Fsp3) is 0.235. The second-order valence-electron chi connectivity index (χ2n) is 5.54. The lowest BCUT2D eigenvalue weighted by Gasteiger charge is -2.34. The molecule has 0 aliphatic carbocycles. The van der Waals surface area contributed by atoms with Crippen LogP contribution >= 0.6 is 0 Å². The van der Waals surface area contributed by atoms with E-state index in [1.54, 1.807) is 24.3 Å². The van der Waals surface area contributed by atoms with Crippen molar-refractivity contribution < 1.29 is 22.3 Å². The van der Waals surface area contributed by atoms with Gasteiger partial charge in [-0.1, -0.05) is 18.2 Å². The van der Waals surface area contributed by atoms with Gasteiger partial charge in [0.05, 0.1) is 23.6 Å². The number of benzene rings is 2. The lowest BCUT2D eigenvalue weighted by molar-refractivity contribution is -0.145. The van der Waals surface area contributed by atoms with Crippen LogP contribution in [0.4, 0.5) is 10.1 Å². The Hall–Kier alpha value is -2.41. The summed E-state index contributed by atoms with van der Waals surface area (Å²) < 4.78 is 45.0. The number of carbonyl (C=O) groups excluding carboxylic acids is 1. The number of methoxy groups -OCH3 is 1. The van der Waals surface area contributed by atoms with Gasteiger partial charge in [0.2, 0.25) is 0 Å². The van der Waals surface area contributed by atoms with Crippen molar-refractivity contribution >= 4 is 21.7 Å². The van der Waals surface area contributed by atoms with Crippen molar-refractivity contribution in [3.05, 3.63) is 59.9 Å². The molecule has 0 aromatic heterocycles. The molecule has 126 valence electrons. The number of hydrogen-bond acceptors (Lipinski definition) is 4. The molecule has 0 fully saturated rings. The Balaban J connectivity index is 2.07. The summed E-state index contributed by atoms with van der Waals surface area (Å²) in [5.41, 5.74) is 1.28. The van der Waals surface area contributed by atoms with Crippen LogP contribution in [0.1, 0.15) is 5.56 Å². The molecule has 3 rings (SSSR count). The molecule has 24 heavy (non-hydrogen) atoms. The van der Waals surface area contributed by atoms with E-state index in [1.807, 2.05) is 0 Å². The van der Waals surface area contributed by atoms with Gasteiger partial charge in [-0.3, -0.25) is 9.10 Å². The van der Waals surface area contributed by atoms with E-state index < -0.39 is 27.7 Å². The fourth-order valence-electron chi connectivity index (χ4n) is 2.84. The molecular formula is C17H16FNO4S. The molecule has 2 aromatic carbocycles. The van der Waals surface area contributed by atoms with Gasteiger partial charge in [-0.2, -0.15) is 0 Å². The summed E-state index contributed by atoms with van der Waals surface area (Å²) in [6.07, 6.45) is 0.415. The second kappa shape index (κ2) is 6.24. The lowest BCUT2D eigenvalue weighted by Crippen LogP contribution is -2.42. The molecule has 1 unspecified atom stereocenters. The molecule has 1 heterocycles. The number of rotatable bonds is 3. The van der Waals surface area contributed by atoms with Crippen LogP contribution in [0.5, 0.6) is 0 Å². The molecular weight excluding hydrogens is 333 g/mol. The zero-order chi connectivity index (χ0) is 17.3. The molecule has 0 saturated heterocycles. The number of nitrogens with zero attached hydrogens (tertiary/aromatic N) is 1. The van der Waals surface area contributed by atoms with Crippen LogP contribution in [-0.4, -0.2) is 28.0 Å². The summed E-state index contributed by atoms with van der Waals surface area (Å²) in [6.45, 7) is -0.0105. The van der Waals surface area contributed by atoms with Crippen LogP contribution < -0.4 is 4.31 Å². The van der Waals surface area contributed by atoms with Gasteiger partial charge in [-0.25, -0.2) is 12.8 Å². The van der Waals surface area contributed by atoms with Gasteiger partial charge in [0, 0.05) is 6.54 Å². The van der Waals surface area contributed by atoms with Gasteiger partial charge in [0.1, 0.15) is 5.82 Å². The Labute approximate surface area is 139 Å². The maximum absolute atomic E-state index is 13.1. The van der Waals surface area contributed by atoms with Crippen molar-refractivity contribution in [2.24, 2.45) is 5.92 Å². The number of esters is 1. The smallest absolute Gasteiger partial charge is 0.310 e. The molecule has 7 heteroatoms. The number of carbonyl (C=O) groups is 1. The SMILES string of the molecule is COC(=O)C1Cc2ccccc2N(S(=O)(=O)c2ccc(F)cc2)C1. The van der Waals surface area contributed by atoms with E-state index >= 15 is 0 Å². The summed E-state index contributed by atoms with van der Waals surface area (Å²) in [5, 5.41) is 0. The predicted octanol–water partition coefficient (Wildman–Crippen LogP) is 2.37. The Morgan fingerprint density at radius 3 is 2.50 bits per heavy atom. The summed E-state index contributed by atoms with van der Waals surface area (Å²) in [5.74, 6) is -1.55. The van der Waals surface area contributed by atoms with Crippen LogP contribution in [0.2, 0.25) is 0 Å². The maximum Gasteiger partial charge on any atom is 0.310 e. The molecule has 5 nitrogen and oxygen atoms in total. The first-order valence-electron chi connectivity index (χ1n) is 7.37. The molecule has 0 N–H and O–H groups in total. The minimum atomic E-state index is -3.91. The van der Waals surface area contributed by atoms with Gasteiger partial charge in [-0.15, -0.1) is 0 Å². The van der Waals surface area contributed by atoms with Crippen molar-refractivity contribution in [3.8, 4) is 0 Å². The number of hydrogen-bond donors (Lipinski definition) is 0. The van der Waals surface area contributed by atoms with Gasteiger partial charge < -0.3 is 4.74 Å². The van der Waals surface area contributed by atoms with Crippen molar-refractivity contribution in [3.63, 3.8) is 0 Å². The zero-order valence-electron chi connectivity index (χ0n) is 13.0. The second-order valence-corrected chi connectivity index (χ2v) is 7.41. The maximum atomic E-state index is 13.1. The van der Waals surface area contributed by atoms with Gasteiger partial charge in [0.25, 0.3) is 10.0 Å². The van der Waals surface area contributed by atoms with Crippen molar-refractivity contribution in [1.82, 2.24) is 0 Å². The summed E-state index contributed by atoms with van der Waals surface area (Å²) in [6, 6.07) is 11.7. The number of fused-ring (bicyclic) bond motifs is 1. The summed E-state index contributed by atoms with van der Waals surface area (Å²) in [7, 11) is -2.63. The molecule has 0 spiro atoms. The highest BCUT2D eigenvalue weighted by Gasteiger charge is 2.36. The molecule has 0 bridgehead atoms. The highest BCUT2D eigenvalue weighted by molar-refractivity contribution is 7.92. The third kappa shape index (κ3) is 2.87. The monoisotopic (exact) mass is 349 g/mol. The Morgan fingerprint density at radius 2 is 1.83 bits per heavy atom. The number of para-hydroxylation sites is 1. The quantitative estimate of drug-likeness (QED) is 0.798. The van der Waals surface area contributed by atoms with E-state index in [9.17, 15) is 17.6 Å². The summed E-state index contributed by atoms with van der Waals surface area (Å²) in [4.78, 5) is 11.9. The molecule has 0 radical (unpaired) electrons. The number of halogens is 1. The molecule has 0 amide bonds. The average molecular weight is 349 g/mol. The lowest BCUT2D eigenvalue weighted by atomic mass is 9.94. The highest BCUT2D eigenvalue weighted by Crippen LogP contribution is 2.34. The zero-order valence-corrected chi connectivity index (χ0v) is 13.8. The van der Waals surface area contributed by atoms with E-state index in [1.165, 1.54) is 23.5 Å².